The first-order chi connectivity index (χ1) is 28.2. The lowest BCUT2D eigenvalue weighted by molar-refractivity contribution is 0.668. The fraction of sp³-hybridized carbons (Fsp3) is 0. The van der Waals surface area contributed by atoms with E-state index in [1.54, 1.807) is 6.20 Å². The van der Waals surface area contributed by atoms with Crippen molar-refractivity contribution in [3.8, 4) is 44.8 Å². The molecular formula is C53H33N3O. The summed E-state index contributed by atoms with van der Waals surface area (Å²) in [5.74, 6) is 0. The van der Waals surface area contributed by atoms with E-state index < -0.39 is 0 Å². The van der Waals surface area contributed by atoms with Gasteiger partial charge >= 0.3 is 0 Å². The minimum Gasteiger partial charge on any atom is -0.456 e. The molecule has 4 heterocycles. The van der Waals surface area contributed by atoms with Crippen LogP contribution in [0.3, 0.4) is 0 Å². The second-order valence-electron chi connectivity index (χ2n) is 14.8. The van der Waals surface area contributed by atoms with E-state index in [2.05, 4.69) is 196 Å². The average molecular weight is 728 g/mol. The minimum absolute atomic E-state index is 0.847. The average Bonchev–Trinajstić information content (AvgIpc) is 3.94. The Bertz CT molecular complexity index is 3520. The van der Waals surface area contributed by atoms with Crippen LogP contribution in [0.15, 0.2) is 205 Å². The summed E-state index contributed by atoms with van der Waals surface area (Å²) in [6.45, 7) is 0. The lowest BCUT2D eigenvalue weighted by Crippen LogP contribution is -1.93. The summed E-state index contributed by atoms with van der Waals surface area (Å²) >= 11 is 0. The van der Waals surface area contributed by atoms with Gasteiger partial charge in [-0.3, -0.25) is 4.98 Å². The maximum absolute atomic E-state index is 6.16. The number of pyridine rings is 1. The molecule has 0 aliphatic rings. The number of rotatable bonds is 5. The van der Waals surface area contributed by atoms with Crippen molar-refractivity contribution in [3.63, 3.8) is 0 Å². The van der Waals surface area contributed by atoms with Crippen LogP contribution < -0.4 is 0 Å². The maximum atomic E-state index is 6.16. The third kappa shape index (κ3) is 4.98. The molecule has 0 atom stereocenters. The van der Waals surface area contributed by atoms with Gasteiger partial charge in [0.25, 0.3) is 0 Å². The Morgan fingerprint density at radius 3 is 1.49 bits per heavy atom. The summed E-state index contributed by atoms with van der Waals surface area (Å²) in [6.07, 6.45) is 3.67. The van der Waals surface area contributed by atoms with Gasteiger partial charge in [0.2, 0.25) is 0 Å². The van der Waals surface area contributed by atoms with E-state index in [0.717, 1.165) is 44.3 Å². The second-order valence-corrected chi connectivity index (χ2v) is 14.8. The van der Waals surface area contributed by atoms with Crippen molar-refractivity contribution < 1.29 is 4.42 Å². The highest BCUT2D eigenvalue weighted by molar-refractivity contribution is 6.12. The Morgan fingerprint density at radius 1 is 0.316 bits per heavy atom. The van der Waals surface area contributed by atoms with E-state index in [0.29, 0.717) is 0 Å². The molecule has 57 heavy (non-hydrogen) atoms. The zero-order valence-electron chi connectivity index (χ0n) is 30.8. The summed E-state index contributed by atoms with van der Waals surface area (Å²) in [6, 6.07) is 68.1. The molecule has 0 aliphatic heterocycles. The Hall–Kier alpha value is -7.69. The van der Waals surface area contributed by atoms with Crippen molar-refractivity contribution in [2.45, 2.75) is 0 Å². The van der Waals surface area contributed by atoms with E-state index in [9.17, 15) is 0 Å². The number of nitrogens with zero attached hydrogens (tertiary/aromatic N) is 3. The van der Waals surface area contributed by atoms with Crippen LogP contribution in [-0.2, 0) is 0 Å². The Morgan fingerprint density at radius 2 is 0.842 bits per heavy atom. The van der Waals surface area contributed by atoms with Crippen LogP contribution in [0.1, 0.15) is 0 Å². The molecule has 12 rings (SSSR count). The van der Waals surface area contributed by atoms with Crippen molar-refractivity contribution >= 4 is 65.6 Å². The van der Waals surface area contributed by atoms with Crippen LogP contribution in [0.25, 0.3) is 110 Å². The number of hydrogen-bond donors (Lipinski definition) is 0. The molecule has 8 aromatic carbocycles. The molecule has 0 N–H and O–H groups in total. The molecule has 0 saturated carbocycles. The van der Waals surface area contributed by atoms with Crippen molar-refractivity contribution in [1.82, 2.24) is 14.1 Å². The first kappa shape index (κ1) is 31.6. The summed E-state index contributed by atoms with van der Waals surface area (Å²) < 4.78 is 10.9. The normalized spacial score (nSPS) is 11.9. The van der Waals surface area contributed by atoms with E-state index in [1.165, 1.54) is 66.0 Å². The van der Waals surface area contributed by atoms with Crippen LogP contribution in [0.2, 0.25) is 0 Å². The highest BCUT2D eigenvalue weighted by Gasteiger charge is 2.18. The SMILES string of the molecule is c1ccc(-c2cc(-c3ccc4c(c3)c3ccccc3n4-c3ccccc3)cc(-c3ccc4c(c3)c3ccccc3n4-c3ccc4oc5ccncc5c4c3)c2)cc1. The van der Waals surface area contributed by atoms with Crippen molar-refractivity contribution in [1.29, 1.82) is 0 Å². The summed E-state index contributed by atoms with van der Waals surface area (Å²) in [5.41, 5.74) is 15.8. The zero-order valence-corrected chi connectivity index (χ0v) is 30.8. The van der Waals surface area contributed by atoms with Crippen LogP contribution in [-0.4, -0.2) is 14.1 Å². The van der Waals surface area contributed by atoms with Gasteiger partial charge in [-0.05, 0) is 124 Å². The van der Waals surface area contributed by atoms with Crippen molar-refractivity contribution in [3.05, 3.63) is 200 Å². The van der Waals surface area contributed by atoms with Gasteiger partial charge in [0.15, 0.2) is 0 Å². The van der Waals surface area contributed by atoms with E-state index in [4.69, 9.17) is 4.42 Å². The Balaban J connectivity index is 1.04. The molecular weight excluding hydrogens is 695 g/mol. The highest BCUT2D eigenvalue weighted by Crippen LogP contribution is 2.40. The van der Waals surface area contributed by atoms with Gasteiger partial charge in [0, 0.05) is 56.1 Å². The van der Waals surface area contributed by atoms with Crippen LogP contribution >= 0.6 is 0 Å². The molecule has 4 heteroatoms. The van der Waals surface area contributed by atoms with Gasteiger partial charge in [-0.2, -0.15) is 0 Å². The summed E-state index contributed by atoms with van der Waals surface area (Å²) in [4.78, 5) is 4.39. The number of furan rings is 1. The van der Waals surface area contributed by atoms with Gasteiger partial charge < -0.3 is 13.6 Å². The number of aromatic nitrogens is 3. The number of benzene rings is 8. The molecule has 4 aromatic heterocycles. The maximum Gasteiger partial charge on any atom is 0.138 e. The van der Waals surface area contributed by atoms with E-state index in [-0.39, 0.29) is 0 Å². The molecule has 0 bridgehead atoms. The molecule has 0 unspecified atom stereocenters. The molecule has 4 nitrogen and oxygen atoms in total. The van der Waals surface area contributed by atoms with Crippen molar-refractivity contribution in [2.24, 2.45) is 0 Å². The topological polar surface area (TPSA) is 35.9 Å². The monoisotopic (exact) mass is 727 g/mol. The van der Waals surface area contributed by atoms with Crippen LogP contribution in [0.4, 0.5) is 0 Å². The number of fused-ring (bicyclic) bond motifs is 9. The number of hydrogen-bond acceptors (Lipinski definition) is 2. The minimum atomic E-state index is 0.847. The van der Waals surface area contributed by atoms with E-state index in [1.807, 2.05) is 12.3 Å². The molecule has 266 valence electrons. The first-order valence-electron chi connectivity index (χ1n) is 19.3. The first-order valence-corrected chi connectivity index (χ1v) is 19.3. The van der Waals surface area contributed by atoms with Gasteiger partial charge in [0.05, 0.1) is 22.1 Å². The molecule has 12 aromatic rings. The van der Waals surface area contributed by atoms with Crippen LogP contribution in [0, 0.1) is 0 Å². The van der Waals surface area contributed by atoms with Gasteiger partial charge in [0.1, 0.15) is 11.2 Å². The molecule has 0 amide bonds. The summed E-state index contributed by atoms with van der Waals surface area (Å²) in [7, 11) is 0. The smallest absolute Gasteiger partial charge is 0.138 e. The van der Waals surface area contributed by atoms with Crippen molar-refractivity contribution in [2.75, 3.05) is 0 Å². The van der Waals surface area contributed by atoms with E-state index >= 15 is 0 Å². The molecule has 0 aliphatic carbocycles. The molecule has 0 saturated heterocycles. The molecule has 0 fully saturated rings. The van der Waals surface area contributed by atoms with Gasteiger partial charge in [-0.25, -0.2) is 0 Å². The zero-order chi connectivity index (χ0) is 37.5. The van der Waals surface area contributed by atoms with Gasteiger partial charge in [-0.1, -0.05) is 97.1 Å². The standard InChI is InChI=1S/C53H33N3O/c1-3-11-34(12-4-1)37-27-38(35-19-22-50-44(30-35)42-15-7-9-17-48(42)55(50)40-13-5-2-6-14-40)29-39(28-37)36-20-23-51-45(31-36)43-16-8-10-18-49(43)56(51)41-21-24-52-46(32-41)47-33-54-26-25-53(47)57-52/h1-33H. The predicted molar refractivity (Wildman–Crippen MR) is 237 cm³/mol. The lowest BCUT2D eigenvalue weighted by atomic mass is 9.92. The third-order valence-corrected chi connectivity index (χ3v) is 11.6. The number of para-hydroxylation sites is 3. The highest BCUT2D eigenvalue weighted by atomic mass is 16.3. The predicted octanol–water partition coefficient (Wildman–Crippen LogP) is 14.2. The summed E-state index contributed by atoms with van der Waals surface area (Å²) in [5, 5.41) is 7.00. The fourth-order valence-corrected chi connectivity index (χ4v) is 8.94. The quantitative estimate of drug-likeness (QED) is 0.177. The van der Waals surface area contributed by atoms with Crippen LogP contribution in [0.5, 0.6) is 0 Å². The third-order valence-electron chi connectivity index (χ3n) is 11.6. The fourth-order valence-electron chi connectivity index (χ4n) is 8.94. The lowest BCUT2D eigenvalue weighted by Gasteiger charge is -2.13. The molecule has 0 radical (unpaired) electrons. The Labute approximate surface area is 328 Å². The largest absolute Gasteiger partial charge is 0.456 e. The molecule has 0 spiro atoms. The second kappa shape index (κ2) is 12.4. The van der Waals surface area contributed by atoms with Gasteiger partial charge in [-0.15, -0.1) is 0 Å². The Kier molecular flexibility index (Phi) is 6.89.